The Labute approximate surface area is 236 Å². The van der Waals surface area contributed by atoms with Gasteiger partial charge in [0.05, 0.1) is 23.8 Å². The third-order valence-electron chi connectivity index (χ3n) is 7.58. The Morgan fingerprint density at radius 1 is 1.13 bits per heavy atom. The first-order chi connectivity index (χ1) is 18.9. The highest BCUT2D eigenvalue weighted by Gasteiger charge is 2.32. The van der Waals surface area contributed by atoms with Crippen molar-refractivity contribution in [2.45, 2.75) is 44.3 Å². The molecule has 1 amide bonds. The first kappa shape index (κ1) is 27.1. The van der Waals surface area contributed by atoms with Gasteiger partial charge in [0.1, 0.15) is 16.4 Å². The molecule has 0 aliphatic heterocycles. The first-order valence-electron chi connectivity index (χ1n) is 13.0. The number of ether oxygens (including phenoxy) is 1. The third-order valence-corrected chi connectivity index (χ3v) is 9.21. The number of benzene rings is 3. The molecule has 1 heterocycles. The van der Waals surface area contributed by atoms with Crippen molar-refractivity contribution in [1.29, 1.82) is 5.26 Å². The van der Waals surface area contributed by atoms with E-state index in [1.54, 1.807) is 31.4 Å². The number of nitriles is 1. The number of nitrogens with zero attached hydrogens (tertiary/aromatic N) is 2. The molecule has 3 aromatic carbocycles. The smallest absolute Gasteiger partial charge is 0.266 e. The molecule has 5 rings (SSSR count). The molecular weight excluding hydrogens is 533 g/mol. The molecule has 1 aromatic heterocycles. The molecule has 0 bridgehead atoms. The van der Waals surface area contributed by atoms with Crippen molar-refractivity contribution in [3.05, 3.63) is 87.5 Å². The number of hydrogen-bond acceptors (Lipinski definition) is 5. The summed E-state index contributed by atoms with van der Waals surface area (Å²) < 4.78 is 21.0. The number of nitrogens with one attached hydrogen (secondary N) is 1. The van der Waals surface area contributed by atoms with Gasteiger partial charge < -0.3 is 15.0 Å². The van der Waals surface area contributed by atoms with E-state index in [0.29, 0.717) is 38.9 Å². The predicted octanol–water partition coefficient (Wildman–Crippen LogP) is 7.41. The van der Waals surface area contributed by atoms with E-state index in [1.807, 2.05) is 42.3 Å². The molecule has 0 saturated heterocycles. The number of methoxy groups -OCH3 is 1. The zero-order valence-corrected chi connectivity index (χ0v) is 23.4. The van der Waals surface area contributed by atoms with Crippen molar-refractivity contribution in [3.63, 3.8) is 0 Å². The highest BCUT2D eigenvalue weighted by Crippen LogP contribution is 2.39. The lowest BCUT2D eigenvalue weighted by Gasteiger charge is -2.37. The van der Waals surface area contributed by atoms with Crippen molar-refractivity contribution >= 4 is 38.9 Å². The minimum atomic E-state index is -0.425. The van der Waals surface area contributed by atoms with Gasteiger partial charge >= 0.3 is 0 Å². The van der Waals surface area contributed by atoms with Crippen LogP contribution in [0.3, 0.4) is 0 Å². The monoisotopic (exact) mass is 561 g/mol. The SMILES string of the molecule is CN[C@H]1CC[C@@H](N(Cc2cc(-c3ccc(C#N)cc3)ccc2OC)C(=O)c2sc3cccc(F)c3c2Cl)CC1. The number of carbonyl (C=O) groups is 1. The van der Waals surface area contributed by atoms with Crippen molar-refractivity contribution in [1.82, 2.24) is 10.2 Å². The second kappa shape index (κ2) is 11.7. The third kappa shape index (κ3) is 5.51. The van der Waals surface area contributed by atoms with Crippen LogP contribution in [0, 0.1) is 17.1 Å². The predicted molar refractivity (Wildman–Crippen MR) is 155 cm³/mol. The van der Waals surface area contributed by atoms with Crippen molar-refractivity contribution in [2.75, 3.05) is 14.2 Å². The molecule has 0 atom stereocenters. The highest BCUT2D eigenvalue weighted by atomic mass is 35.5. The van der Waals surface area contributed by atoms with Gasteiger partial charge in [-0.25, -0.2) is 4.39 Å². The summed E-state index contributed by atoms with van der Waals surface area (Å²) in [5, 5.41) is 13.0. The van der Waals surface area contributed by atoms with E-state index in [4.69, 9.17) is 21.6 Å². The second-order valence-corrected chi connectivity index (χ2v) is 11.2. The van der Waals surface area contributed by atoms with E-state index in [1.165, 1.54) is 17.4 Å². The largest absolute Gasteiger partial charge is 0.496 e. The molecule has 1 aliphatic carbocycles. The standard InChI is InChI=1S/C31H29ClFN3O2S/c1-35-23-11-13-24(14-12-23)36(31(37)30-29(32)28-25(33)4-3-5-27(28)39-30)18-22-16-21(10-15-26(22)38-2)20-8-6-19(17-34)7-9-20/h3-10,15-16,23-24,35H,11-14,18H2,1-2H3/t23-,24+. The quantitative estimate of drug-likeness (QED) is 0.255. The summed E-state index contributed by atoms with van der Waals surface area (Å²) in [6, 6.07) is 20.7. The fourth-order valence-electron chi connectivity index (χ4n) is 5.38. The lowest BCUT2D eigenvalue weighted by molar-refractivity contribution is 0.0604. The number of halogens is 2. The Kier molecular flexibility index (Phi) is 8.18. The van der Waals surface area contributed by atoms with Gasteiger partial charge in [-0.2, -0.15) is 5.26 Å². The van der Waals surface area contributed by atoms with E-state index in [2.05, 4.69) is 11.4 Å². The molecule has 8 heteroatoms. The van der Waals surface area contributed by atoms with Crippen LogP contribution < -0.4 is 10.1 Å². The molecule has 1 saturated carbocycles. The van der Waals surface area contributed by atoms with Gasteiger partial charge in [-0.1, -0.05) is 35.9 Å². The van der Waals surface area contributed by atoms with Crippen LogP contribution in [0.4, 0.5) is 4.39 Å². The van der Waals surface area contributed by atoms with Crippen LogP contribution in [0.2, 0.25) is 5.02 Å². The van der Waals surface area contributed by atoms with Crippen molar-refractivity contribution < 1.29 is 13.9 Å². The Balaban J connectivity index is 1.53. The second-order valence-electron chi connectivity index (χ2n) is 9.80. The summed E-state index contributed by atoms with van der Waals surface area (Å²) >= 11 is 7.88. The van der Waals surface area contributed by atoms with Crippen LogP contribution in [0.5, 0.6) is 5.75 Å². The number of rotatable bonds is 7. The fourth-order valence-corrected chi connectivity index (χ4v) is 6.89. The van der Waals surface area contributed by atoms with E-state index < -0.39 is 5.82 Å². The lowest BCUT2D eigenvalue weighted by Crippen LogP contribution is -2.44. The van der Waals surface area contributed by atoms with E-state index in [-0.39, 0.29) is 17.0 Å². The van der Waals surface area contributed by atoms with Crippen LogP contribution in [-0.2, 0) is 6.54 Å². The zero-order valence-electron chi connectivity index (χ0n) is 21.8. The van der Waals surface area contributed by atoms with Gasteiger partial charge in [0.2, 0.25) is 0 Å². The molecular formula is C31H29ClFN3O2S. The molecule has 39 heavy (non-hydrogen) atoms. The van der Waals surface area contributed by atoms with Crippen LogP contribution >= 0.6 is 22.9 Å². The molecule has 4 aromatic rings. The highest BCUT2D eigenvalue weighted by molar-refractivity contribution is 7.21. The summed E-state index contributed by atoms with van der Waals surface area (Å²) in [5.74, 6) is 0.0626. The molecule has 0 spiro atoms. The minimum absolute atomic E-state index is 0.0106. The summed E-state index contributed by atoms with van der Waals surface area (Å²) in [6.07, 6.45) is 3.63. The summed E-state index contributed by atoms with van der Waals surface area (Å²) in [6.45, 7) is 0.327. The van der Waals surface area contributed by atoms with Crippen LogP contribution in [0.25, 0.3) is 21.2 Å². The number of carbonyl (C=O) groups excluding carboxylic acids is 1. The zero-order chi connectivity index (χ0) is 27.5. The Bertz CT molecular complexity index is 1540. The molecule has 0 radical (unpaired) electrons. The Hall–Kier alpha value is -3.44. The van der Waals surface area contributed by atoms with Crippen molar-refractivity contribution in [3.8, 4) is 22.9 Å². The van der Waals surface area contributed by atoms with Crippen LogP contribution in [0.15, 0.2) is 60.7 Å². The number of thiophene rings is 1. The maximum atomic E-state index is 14.6. The summed E-state index contributed by atoms with van der Waals surface area (Å²) in [7, 11) is 3.59. The van der Waals surface area contributed by atoms with Gasteiger partial charge in [-0.3, -0.25) is 4.79 Å². The molecule has 0 unspecified atom stereocenters. The Morgan fingerprint density at radius 3 is 2.49 bits per heavy atom. The van der Waals surface area contributed by atoms with Gasteiger partial charge in [0.15, 0.2) is 0 Å². The molecule has 200 valence electrons. The van der Waals surface area contributed by atoms with Crippen LogP contribution in [-0.4, -0.2) is 37.0 Å². The normalized spacial score (nSPS) is 17.1. The maximum Gasteiger partial charge on any atom is 0.266 e. The average Bonchev–Trinajstić information content (AvgIpc) is 3.32. The molecule has 5 nitrogen and oxygen atoms in total. The lowest BCUT2D eigenvalue weighted by atomic mass is 9.89. The van der Waals surface area contributed by atoms with Crippen LogP contribution in [0.1, 0.15) is 46.5 Å². The fraction of sp³-hybridized carbons (Fsp3) is 0.290. The van der Waals surface area contributed by atoms with Crippen molar-refractivity contribution in [2.24, 2.45) is 0 Å². The summed E-state index contributed by atoms with van der Waals surface area (Å²) in [4.78, 5) is 16.4. The van der Waals surface area contributed by atoms with Gasteiger partial charge in [-0.05, 0) is 80.3 Å². The summed E-state index contributed by atoms with van der Waals surface area (Å²) in [5.41, 5.74) is 3.39. The van der Waals surface area contributed by atoms with Gasteiger partial charge in [0, 0.05) is 34.3 Å². The Morgan fingerprint density at radius 2 is 1.85 bits per heavy atom. The maximum absolute atomic E-state index is 14.6. The molecule has 1 aliphatic rings. The van der Waals surface area contributed by atoms with Gasteiger partial charge in [0.25, 0.3) is 5.91 Å². The van der Waals surface area contributed by atoms with E-state index in [9.17, 15) is 9.18 Å². The van der Waals surface area contributed by atoms with Gasteiger partial charge in [-0.15, -0.1) is 11.3 Å². The average molecular weight is 562 g/mol. The van der Waals surface area contributed by atoms with E-state index in [0.717, 1.165) is 42.4 Å². The topological polar surface area (TPSA) is 65.4 Å². The number of fused-ring (bicyclic) bond motifs is 1. The number of amides is 1. The first-order valence-corrected chi connectivity index (χ1v) is 14.1. The number of hydrogen-bond donors (Lipinski definition) is 1. The van der Waals surface area contributed by atoms with E-state index >= 15 is 0 Å². The molecule has 1 N–H and O–H groups in total. The molecule has 1 fully saturated rings. The minimum Gasteiger partial charge on any atom is -0.496 e.